The van der Waals surface area contributed by atoms with E-state index in [0.717, 1.165) is 39.3 Å². The molecular formula is C25H36N4O3. The Labute approximate surface area is 191 Å². The lowest BCUT2D eigenvalue weighted by molar-refractivity contribution is 0.0652. The summed E-state index contributed by atoms with van der Waals surface area (Å²) in [5.41, 5.74) is 2.52. The number of aliphatic hydroxyl groups excluding tert-OH is 1. The number of piperazine rings is 2. The Bertz CT molecular complexity index is 712. The number of hydrogen-bond donors (Lipinski definition) is 3. The number of rotatable bonds is 6. The largest absolute Gasteiger partial charge is 0.449 e. The van der Waals surface area contributed by atoms with Gasteiger partial charge in [0.05, 0.1) is 12.6 Å². The van der Waals surface area contributed by atoms with Crippen molar-refractivity contribution in [1.29, 1.82) is 0 Å². The third kappa shape index (κ3) is 7.60. The first-order valence-corrected chi connectivity index (χ1v) is 11.6. The molecule has 0 saturated carbocycles. The highest BCUT2D eigenvalue weighted by molar-refractivity contribution is 5.67. The van der Waals surface area contributed by atoms with Crippen LogP contribution in [0, 0.1) is 0 Å². The summed E-state index contributed by atoms with van der Waals surface area (Å²) in [5.74, 6) is 0. The molecular weight excluding hydrogens is 404 g/mol. The smallest absolute Gasteiger partial charge is 0.409 e. The van der Waals surface area contributed by atoms with Gasteiger partial charge in [-0.15, -0.1) is 0 Å². The van der Waals surface area contributed by atoms with E-state index >= 15 is 0 Å². The zero-order chi connectivity index (χ0) is 22.4. The fourth-order valence-electron chi connectivity index (χ4n) is 3.97. The molecule has 7 nitrogen and oxygen atoms in total. The lowest BCUT2D eigenvalue weighted by Gasteiger charge is -2.39. The molecule has 2 heterocycles. The maximum Gasteiger partial charge on any atom is 0.409 e. The van der Waals surface area contributed by atoms with Crippen LogP contribution in [0.25, 0.3) is 0 Å². The molecule has 2 aliphatic heterocycles. The van der Waals surface area contributed by atoms with Crippen LogP contribution in [-0.2, 0) is 4.74 Å². The SMILES string of the molecule is C1CNCCN1.O=C(OCCCO)N1CCN(C(c2ccccc2)c2ccccc2)CC1. The lowest BCUT2D eigenvalue weighted by Crippen LogP contribution is -2.50. The second kappa shape index (κ2) is 13.9. The number of nitrogens with zero attached hydrogens (tertiary/aromatic N) is 2. The average Bonchev–Trinajstić information content (AvgIpc) is 2.87. The summed E-state index contributed by atoms with van der Waals surface area (Å²) in [4.78, 5) is 16.3. The first-order chi connectivity index (χ1) is 15.8. The zero-order valence-electron chi connectivity index (χ0n) is 18.8. The molecule has 2 aromatic carbocycles. The number of benzene rings is 2. The normalized spacial score (nSPS) is 16.9. The van der Waals surface area contributed by atoms with Gasteiger partial charge in [-0.2, -0.15) is 0 Å². The second-order valence-corrected chi connectivity index (χ2v) is 7.94. The van der Waals surface area contributed by atoms with Gasteiger partial charge in [-0.05, 0) is 11.1 Å². The van der Waals surface area contributed by atoms with E-state index in [1.54, 1.807) is 4.90 Å². The molecule has 174 valence electrons. The molecule has 4 rings (SSSR count). The number of ether oxygens (including phenoxy) is 1. The molecule has 0 radical (unpaired) electrons. The zero-order valence-corrected chi connectivity index (χ0v) is 18.8. The van der Waals surface area contributed by atoms with Crippen molar-refractivity contribution in [3.05, 3.63) is 71.8 Å². The van der Waals surface area contributed by atoms with Crippen LogP contribution in [0.4, 0.5) is 4.79 Å². The molecule has 0 bridgehead atoms. The molecule has 0 atom stereocenters. The number of aliphatic hydroxyl groups is 1. The molecule has 0 spiro atoms. The van der Waals surface area contributed by atoms with E-state index in [-0.39, 0.29) is 25.3 Å². The fraction of sp³-hybridized carbons (Fsp3) is 0.480. The van der Waals surface area contributed by atoms with Crippen molar-refractivity contribution in [2.45, 2.75) is 12.5 Å². The van der Waals surface area contributed by atoms with Crippen LogP contribution in [0.5, 0.6) is 0 Å². The first-order valence-electron chi connectivity index (χ1n) is 11.6. The molecule has 0 aromatic heterocycles. The fourth-order valence-corrected chi connectivity index (χ4v) is 3.97. The van der Waals surface area contributed by atoms with Gasteiger partial charge < -0.3 is 25.4 Å². The van der Waals surface area contributed by atoms with E-state index in [4.69, 9.17) is 9.84 Å². The minimum atomic E-state index is -0.283. The third-order valence-corrected chi connectivity index (χ3v) is 5.65. The number of carbonyl (C=O) groups is 1. The van der Waals surface area contributed by atoms with E-state index in [1.165, 1.54) is 11.1 Å². The predicted molar refractivity (Wildman–Crippen MR) is 127 cm³/mol. The van der Waals surface area contributed by atoms with Gasteiger partial charge >= 0.3 is 6.09 Å². The van der Waals surface area contributed by atoms with Crippen LogP contribution < -0.4 is 10.6 Å². The predicted octanol–water partition coefficient (Wildman–Crippen LogP) is 2.09. The first kappa shape index (κ1) is 24.2. The van der Waals surface area contributed by atoms with E-state index in [0.29, 0.717) is 19.5 Å². The van der Waals surface area contributed by atoms with Crippen molar-refractivity contribution in [3.8, 4) is 0 Å². The van der Waals surface area contributed by atoms with Crippen molar-refractivity contribution in [2.24, 2.45) is 0 Å². The summed E-state index contributed by atoms with van der Waals surface area (Å²) in [6, 6.07) is 21.2. The van der Waals surface area contributed by atoms with Crippen molar-refractivity contribution in [3.63, 3.8) is 0 Å². The minimum Gasteiger partial charge on any atom is -0.449 e. The van der Waals surface area contributed by atoms with Crippen molar-refractivity contribution >= 4 is 6.09 Å². The van der Waals surface area contributed by atoms with Crippen molar-refractivity contribution in [1.82, 2.24) is 20.4 Å². The maximum atomic E-state index is 12.1. The highest BCUT2D eigenvalue weighted by Gasteiger charge is 2.28. The summed E-state index contributed by atoms with van der Waals surface area (Å²) >= 11 is 0. The Balaban J connectivity index is 0.000000416. The van der Waals surface area contributed by atoms with Gasteiger partial charge in [0.25, 0.3) is 0 Å². The maximum absolute atomic E-state index is 12.1. The Hall–Kier alpha value is -2.45. The topological polar surface area (TPSA) is 77.1 Å². The van der Waals surface area contributed by atoms with Gasteiger partial charge in [-0.3, -0.25) is 4.90 Å². The Morgan fingerprint density at radius 1 is 0.844 bits per heavy atom. The molecule has 2 saturated heterocycles. The third-order valence-electron chi connectivity index (χ3n) is 5.65. The lowest BCUT2D eigenvalue weighted by atomic mass is 9.96. The van der Waals surface area contributed by atoms with Gasteiger partial charge in [0, 0.05) is 65.4 Å². The quantitative estimate of drug-likeness (QED) is 0.597. The van der Waals surface area contributed by atoms with E-state index < -0.39 is 0 Å². The number of nitrogens with one attached hydrogen (secondary N) is 2. The van der Waals surface area contributed by atoms with Gasteiger partial charge in [0.15, 0.2) is 0 Å². The molecule has 1 amide bonds. The molecule has 32 heavy (non-hydrogen) atoms. The Morgan fingerprint density at radius 3 is 1.78 bits per heavy atom. The Kier molecular flexibility index (Phi) is 10.5. The van der Waals surface area contributed by atoms with Gasteiger partial charge in [0.2, 0.25) is 0 Å². The molecule has 3 N–H and O–H groups in total. The van der Waals surface area contributed by atoms with Crippen LogP contribution in [-0.4, -0.2) is 86.6 Å². The van der Waals surface area contributed by atoms with E-state index in [1.807, 2.05) is 12.1 Å². The summed E-state index contributed by atoms with van der Waals surface area (Å²) in [7, 11) is 0. The highest BCUT2D eigenvalue weighted by Crippen LogP contribution is 2.29. The summed E-state index contributed by atoms with van der Waals surface area (Å²) < 4.78 is 5.20. The van der Waals surface area contributed by atoms with Crippen LogP contribution in [0.3, 0.4) is 0 Å². The molecule has 0 aliphatic carbocycles. The summed E-state index contributed by atoms with van der Waals surface area (Å²) in [5, 5.41) is 15.2. The second-order valence-electron chi connectivity index (χ2n) is 7.94. The summed E-state index contributed by atoms with van der Waals surface area (Å²) in [6.45, 7) is 7.75. The van der Waals surface area contributed by atoms with Crippen LogP contribution >= 0.6 is 0 Å². The van der Waals surface area contributed by atoms with Crippen molar-refractivity contribution in [2.75, 3.05) is 65.6 Å². The summed E-state index contributed by atoms with van der Waals surface area (Å²) in [6.07, 6.45) is 0.199. The molecule has 2 fully saturated rings. The number of hydrogen-bond acceptors (Lipinski definition) is 6. The molecule has 2 aromatic rings. The van der Waals surface area contributed by atoms with E-state index in [2.05, 4.69) is 64.1 Å². The van der Waals surface area contributed by atoms with Crippen LogP contribution in [0.15, 0.2) is 60.7 Å². The Morgan fingerprint density at radius 2 is 1.34 bits per heavy atom. The van der Waals surface area contributed by atoms with Gasteiger partial charge in [-0.1, -0.05) is 60.7 Å². The van der Waals surface area contributed by atoms with Crippen LogP contribution in [0.1, 0.15) is 23.6 Å². The molecule has 2 aliphatic rings. The van der Waals surface area contributed by atoms with Crippen molar-refractivity contribution < 1.29 is 14.6 Å². The molecule has 0 unspecified atom stereocenters. The molecule has 7 heteroatoms. The van der Waals surface area contributed by atoms with Crippen LogP contribution in [0.2, 0.25) is 0 Å². The highest BCUT2D eigenvalue weighted by atomic mass is 16.6. The number of amides is 1. The van der Waals surface area contributed by atoms with E-state index in [9.17, 15) is 4.79 Å². The number of carbonyl (C=O) groups excluding carboxylic acids is 1. The minimum absolute atomic E-state index is 0.0386. The standard InChI is InChI=1S/C21H26N2O3.C4H10N2/c24-16-7-17-26-21(25)23-14-12-22(13-15-23)20(18-8-3-1-4-9-18)19-10-5-2-6-11-19;1-2-6-4-3-5-1/h1-6,8-11,20,24H,7,12-17H2;5-6H,1-4H2. The monoisotopic (exact) mass is 440 g/mol. The average molecular weight is 441 g/mol. The van der Waals surface area contributed by atoms with Gasteiger partial charge in [-0.25, -0.2) is 4.79 Å². The van der Waals surface area contributed by atoms with Gasteiger partial charge in [0.1, 0.15) is 0 Å².